The highest BCUT2D eigenvalue weighted by atomic mass is 16.3. The van der Waals surface area contributed by atoms with Crippen molar-refractivity contribution >= 4 is 16.9 Å². The van der Waals surface area contributed by atoms with Gasteiger partial charge in [0.1, 0.15) is 5.76 Å². The van der Waals surface area contributed by atoms with Crippen LogP contribution in [0.5, 0.6) is 0 Å². The lowest BCUT2D eigenvalue weighted by molar-refractivity contribution is -0.130. The Balaban J connectivity index is 1.76. The summed E-state index contributed by atoms with van der Waals surface area (Å²) in [6.45, 7) is 6.58. The Labute approximate surface area is 147 Å². The number of furan rings is 1. The third-order valence-corrected chi connectivity index (χ3v) is 4.72. The van der Waals surface area contributed by atoms with E-state index in [1.807, 2.05) is 37.7 Å². The van der Waals surface area contributed by atoms with Crippen molar-refractivity contribution < 1.29 is 9.21 Å². The molecule has 3 aromatic heterocycles. The molecule has 1 amide bonds. The number of fused-ring (bicyclic) bond motifs is 1. The molecule has 0 aliphatic rings. The Morgan fingerprint density at radius 1 is 1.28 bits per heavy atom. The van der Waals surface area contributed by atoms with Gasteiger partial charge in [0.2, 0.25) is 5.91 Å². The minimum absolute atomic E-state index is 0.0956. The van der Waals surface area contributed by atoms with Crippen LogP contribution in [0.15, 0.2) is 22.8 Å². The van der Waals surface area contributed by atoms with Gasteiger partial charge in [-0.1, -0.05) is 0 Å². The molecule has 0 aromatic carbocycles. The van der Waals surface area contributed by atoms with Crippen LogP contribution in [0.4, 0.5) is 0 Å². The number of hydrogen-bond donors (Lipinski definition) is 0. The van der Waals surface area contributed by atoms with Crippen LogP contribution >= 0.6 is 0 Å². The minimum Gasteiger partial charge on any atom is -0.467 e. The Bertz CT molecular complexity index is 910. The van der Waals surface area contributed by atoms with Gasteiger partial charge in [0.25, 0.3) is 0 Å². The van der Waals surface area contributed by atoms with Crippen LogP contribution in [0.25, 0.3) is 11.0 Å². The first-order chi connectivity index (χ1) is 11.9. The molecule has 3 rings (SSSR count). The first-order valence-electron chi connectivity index (χ1n) is 8.44. The van der Waals surface area contributed by atoms with Gasteiger partial charge in [-0.2, -0.15) is 5.10 Å². The molecule has 25 heavy (non-hydrogen) atoms. The number of rotatable bonds is 5. The SMILES string of the molecule is Cc1nc2c(c(C)nn2C)c(C)c1CCC(=O)N(C)Cc1ccco1. The largest absolute Gasteiger partial charge is 0.467 e. The van der Waals surface area contributed by atoms with Crippen LogP contribution in [0.2, 0.25) is 0 Å². The van der Waals surface area contributed by atoms with Crippen molar-refractivity contribution in [2.24, 2.45) is 7.05 Å². The molecule has 0 atom stereocenters. The summed E-state index contributed by atoms with van der Waals surface area (Å²) in [6, 6.07) is 3.71. The molecule has 3 heterocycles. The molecule has 0 bridgehead atoms. The third kappa shape index (κ3) is 3.29. The van der Waals surface area contributed by atoms with Crippen LogP contribution in [0.3, 0.4) is 0 Å². The van der Waals surface area contributed by atoms with Gasteiger partial charge in [-0.3, -0.25) is 9.48 Å². The van der Waals surface area contributed by atoms with Crippen molar-refractivity contribution in [3.63, 3.8) is 0 Å². The van der Waals surface area contributed by atoms with Crippen molar-refractivity contribution in [1.82, 2.24) is 19.7 Å². The fourth-order valence-electron chi connectivity index (χ4n) is 3.38. The molecule has 6 heteroatoms. The van der Waals surface area contributed by atoms with E-state index in [-0.39, 0.29) is 5.91 Å². The second-order valence-corrected chi connectivity index (χ2v) is 6.54. The van der Waals surface area contributed by atoms with Gasteiger partial charge in [-0.25, -0.2) is 4.98 Å². The second kappa shape index (κ2) is 6.70. The molecule has 0 spiro atoms. The summed E-state index contributed by atoms with van der Waals surface area (Å²) >= 11 is 0. The van der Waals surface area contributed by atoms with E-state index in [1.54, 1.807) is 18.2 Å². The molecule has 0 saturated heterocycles. The Kier molecular flexibility index (Phi) is 4.61. The zero-order valence-corrected chi connectivity index (χ0v) is 15.5. The number of hydrogen-bond acceptors (Lipinski definition) is 4. The maximum Gasteiger partial charge on any atom is 0.223 e. The molecule has 0 aliphatic carbocycles. The number of carbonyl (C=O) groups is 1. The van der Waals surface area contributed by atoms with E-state index in [0.717, 1.165) is 33.7 Å². The topological polar surface area (TPSA) is 64.2 Å². The number of aryl methyl sites for hydroxylation is 4. The van der Waals surface area contributed by atoms with Gasteiger partial charge in [0, 0.05) is 31.6 Å². The summed E-state index contributed by atoms with van der Waals surface area (Å²) in [5.41, 5.74) is 5.16. The van der Waals surface area contributed by atoms with Crippen LogP contribution < -0.4 is 0 Å². The van der Waals surface area contributed by atoms with E-state index < -0.39 is 0 Å². The molecule has 0 aliphatic heterocycles. The highest BCUT2D eigenvalue weighted by molar-refractivity contribution is 5.84. The third-order valence-electron chi connectivity index (χ3n) is 4.72. The summed E-state index contributed by atoms with van der Waals surface area (Å²) < 4.78 is 7.12. The Morgan fingerprint density at radius 2 is 2.04 bits per heavy atom. The van der Waals surface area contributed by atoms with Crippen LogP contribution in [-0.2, 0) is 24.8 Å². The van der Waals surface area contributed by atoms with Crippen molar-refractivity contribution in [3.8, 4) is 0 Å². The van der Waals surface area contributed by atoms with Crippen LogP contribution in [-0.4, -0.2) is 32.6 Å². The average molecular weight is 340 g/mol. The van der Waals surface area contributed by atoms with E-state index in [9.17, 15) is 4.79 Å². The van der Waals surface area contributed by atoms with E-state index in [1.165, 1.54) is 5.56 Å². The summed E-state index contributed by atoms with van der Waals surface area (Å²) in [5.74, 6) is 0.885. The van der Waals surface area contributed by atoms with E-state index in [0.29, 0.717) is 19.4 Å². The number of carbonyl (C=O) groups excluding carboxylic acids is 1. The lowest BCUT2D eigenvalue weighted by atomic mass is 9.99. The van der Waals surface area contributed by atoms with E-state index in [2.05, 4.69) is 12.0 Å². The number of amides is 1. The predicted molar refractivity (Wildman–Crippen MR) is 96.2 cm³/mol. The van der Waals surface area contributed by atoms with Crippen LogP contribution in [0.1, 0.15) is 34.7 Å². The normalized spacial score (nSPS) is 11.2. The van der Waals surface area contributed by atoms with Gasteiger partial charge in [0.15, 0.2) is 5.65 Å². The number of pyridine rings is 1. The molecular weight excluding hydrogens is 316 g/mol. The lowest BCUT2D eigenvalue weighted by Gasteiger charge is -2.17. The molecule has 0 radical (unpaired) electrons. The monoisotopic (exact) mass is 340 g/mol. The van der Waals surface area contributed by atoms with Gasteiger partial charge in [-0.05, 0) is 50.5 Å². The fourth-order valence-corrected chi connectivity index (χ4v) is 3.38. The molecular formula is C19H24N4O2. The molecule has 6 nitrogen and oxygen atoms in total. The highest BCUT2D eigenvalue weighted by Gasteiger charge is 2.17. The zero-order chi connectivity index (χ0) is 18.1. The molecule has 0 saturated carbocycles. The molecule has 0 N–H and O–H groups in total. The summed E-state index contributed by atoms with van der Waals surface area (Å²) in [7, 11) is 3.71. The second-order valence-electron chi connectivity index (χ2n) is 6.54. The number of nitrogens with zero attached hydrogens (tertiary/aromatic N) is 4. The smallest absolute Gasteiger partial charge is 0.223 e. The van der Waals surface area contributed by atoms with Crippen LogP contribution in [0, 0.1) is 20.8 Å². The van der Waals surface area contributed by atoms with E-state index >= 15 is 0 Å². The quantitative estimate of drug-likeness (QED) is 0.716. The first kappa shape index (κ1) is 17.2. The van der Waals surface area contributed by atoms with Crippen molar-refractivity contribution in [2.45, 2.75) is 40.2 Å². The number of aromatic nitrogens is 3. The van der Waals surface area contributed by atoms with Crippen molar-refractivity contribution in [2.75, 3.05) is 7.05 Å². The molecule has 3 aromatic rings. The Morgan fingerprint density at radius 3 is 2.72 bits per heavy atom. The van der Waals surface area contributed by atoms with Gasteiger partial charge >= 0.3 is 0 Å². The van der Waals surface area contributed by atoms with Crippen molar-refractivity contribution in [1.29, 1.82) is 0 Å². The van der Waals surface area contributed by atoms with Gasteiger partial charge in [-0.15, -0.1) is 0 Å². The predicted octanol–water partition coefficient (Wildman–Crippen LogP) is 3.08. The van der Waals surface area contributed by atoms with Gasteiger partial charge < -0.3 is 9.32 Å². The van der Waals surface area contributed by atoms with Gasteiger partial charge in [0.05, 0.1) is 18.5 Å². The minimum atomic E-state index is 0.0956. The first-order valence-corrected chi connectivity index (χ1v) is 8.44. The summed E-state index contributed by atoms with van der Waals surface area (Å²) in [6.07, 6.45) is 2.75. The van der Waals surface area contributed by atoms with E-state index in [4.69, 9.17) is 9.40 Å². The summed E-state index contributed by atoms with van der Waals surface area (Å²) in [4.78, 5) is 18.8. The average Bonchev–Trinajstić information content (AvgIpc) is 3.15. The maximum absolute atomic E-state index is 12.4. The Hall–Kier alpha value is -2.63. The highest BCUT2D eigenvalue weighted by Crippen LogP contribution is 2.26. The maximum atomic E-state index is 12.4. The molecule has 0 unspecified atom stereocenters. The van der Waals surface area contributed by atoms with Crippen molar-refractivity contribution in [3.05, 3.63) is 46.7 Å². The molecule has 0 fully saturated rings. The molecule has 132 valence electrons. The lowest BCUT2D eigenvalue weighted by Crippen LogP contribution is -2.26. The fraction of sp³-hybridized carbons (Fsp3) is 0.421. The zero-order valence-electron chi connectivity index (χ0n) is 15.5. The standard InChI is InChI=1S/C19H24N4O2/c1-12-16(13(2)20-19-18(12)14(3)21-23(19)5)8-9-17(24)22(4)11-15-7-6-10-25-15/h6-7,10H,8-9,11H2,1-5H3. The summed E-state index contributed by atoms with van der Waals surface area (Å²) in [5, 5.41) is 5.56.